The molecule has 2 unspecified atom stereocenters. The number of nitrogens with zero attached hydrogens (tertiary/aromatic N) is 3. The maximum Gasteiger partial charge on any atom is 0.350 e. The van der Waals surface area contributed by atoms with Crippen LogP contribution in [-0.2, 0) is 46.5 Å². The predicted molar refractivity (Wildman–Crippen MR) is 249 cm³/mol. The number of nitriles is 1. The molecule has 1 fully saturated rings. The van der Waals surface area contributed by atoms with Crippen LogP contribution in [0.5, 0.6) is 11.5 Å². The first-order valence-corrected chi connectivity index (χ1v) is 25.1. The fourth-order valence-corrected chi connectivity index (χ4v) is 12.6. The Labute approximate surface area is 392 Å². The van der Waals surface area contributed by atoms with Gasteiger partial charge in [0.25, 0.3) is 11.8 Å². The highest BCUT2D eigenvalue weighted by Crippen LogP contribution is 2.69. The summed E-state index contributed by atoms with van der Waals surface area (Å²) in [7, 11) is 0. The molecule has 3 aliphatic rings. The van der Waals surface area contributed by atoms with E-state index in [4.69, 9.17) is 18.9 Å². The lowest BCUT2D eigenvalue weighted by Gasteiger charge is -2.27. The van der Waals surface area contributed by atoms with Crippen molar-refractivity contribution in [1.29, 1.82) is 5.26 Å². The monoisotopic (exact) mass is 943 g/mol. The minimum absolute atomic E-state index is 0.0565. The third-order valence-electron chi connectivity index (χ3n) is 10.8. The number of hydrogen-bond acceptors (Lipinski definition) is 14. The predicted octanol–water partition coefficient (Wildman–Crippen LogP) is 10.8. The summed E-state index contributed by atoms with van der Waals surface area (Å²) in [4.78, 5) is 72.5. The second-order valence-corrected chi connectivity index (χ2v) is 19.8. The molecule has 2 amide bonds. The number of hydrazine groups is 1. The van der Waals surface area contributed by atoms with Crippen molar-refractivity contribution in [2.24, 2.45) is 11.8 Å². The van der Waals surface area contributed by atoms with E-state index in [1.165, 1.54) is 10.0 Å². The summed E-state index contributed by atoms with van der Waals surface area (Å²) in [5, 5.41) is 13.2. The highest BCUT2D eigenvalue weighted by molar-refractivity contribution is 8.26. The molecule has 3 heterocycles. The second kappa shape index (κ2) is 23.5. The molecule has 0 N–H and O–H groups in total. The number of rotatable bonds is 21. The summed E-state index contributed by atoms with van der Waals surface area (Å²) in [6.07, 6.45) is 5.68. The standard InChI is InChI=1S/C48H53N3O9S4/c1-6-11-23-32(8-3)44(54)59-36-38-39(62-47(61-38)34(27-49)46(56)58-26-25-57-10-5)37(60-45(55)33(9-4)24-12-7-2)41-40(36)63-48(64-41)35-42(52)50(28-30-19-15-13-16-20-30)51(43(35)53)29-31-21-17-14-18-22-31/h13-22,32-33H,6-12,23-26,28-29H2,1-5H3. The van der Waals surface area contributed by atoms with E-state index in [1.807, 2.05) is 87.5 Å². The Hall–Kier alpha value is -4.66. The SMILES string of the molecule is CCCCC(CC)C(=O)Oc1c2c(c(OC(=O)C(CC)CCCC)c3c1SC(=C1C(=O)N(Cc4ccccc4)N(Cc4ccccc4)C1=O)S3)SC(=C(C#N)C(=O)OCCOCC)S2. The molecule has 0 bridgehead atoms. The van der Waals surface area contributed by atoms with Crippen molar-refractivity contribution >= 4 is 76.8 Å². The summed E-state index contributed by atoms with van der Waals surface area (Å²) in [5.74, 6) is -3.33. The Kier molecular flexibility index (Phi) is 17.9. The zero-order valence-corrected chi connectivity index (χ0v) is 40.0. The van der Waals surface area contributed by atoms with Crippen LogP contribution in [0.3, 0.4) is 0 Å². The number of unbranched alkanes of at least 4 members (excludes halogenated alkanes) is 2. The molecule has 3 aromatic carbocycles. The molecule has 0 aromatic heterocycles. The van der Waals surface area contributed by atoms with Gasteiger partial charge < -0.3 is 18.9 Å². The van der Waals surface area contributed by atoms with Gasteiger partial charge in [0, 0.05) is 6.61 Å². The van der Waals surface area contributed by atoms with Crippen molar-refractivity contribution < 1.29 is 42.9 Å². The smallest absolute Gasteiger partial charge is 0.350 e. The Bertz CT molecular complexity index is 2200. The quantitative estimate of drug-likeness (QED) is 0.0249. The van der Waals surface area contributed by atoms with Gasteiger partial charge >= 0.3 is 17.9 Å². The summed E-state index contributed by atoms with van der Waals surface area (Å²) < 4.78 is 24.1. The van der Waals surface area contributed by atoms with Gasteiger partial charge in [-0.25, -0.2) is 14.8 Å². The lowest BCUT2D eigenvalue weighted by atomic mass is 10.00. The van der Waals surface area contributed by atoms with E-state index in [0.29, 0.717) is 56.1 Å². The molecular weight excluding hydrogens is 891 g/mol. The molecule has 0 aliphatic carbocycles. The van der Waals surface area contributed by atoms with Crippen molar-refractivity contribution in [2.75, 3.05) is 19.8 Å². The lowest BCUT2D eigenvalue weighted by Crippen LogP contribution is -2.39. The first-order chi connectivity index (χ1) is 31.1. The lowest BCUT2D eigenvalue weighted by molar-refractivity contribution is -0.149. The Morgan fingerprint density at radius 3 is 1.52 bits per heavy atom. The van der Waals surface area contributed by atoms with Crippen LogP contribution in [0, 0.1) is 23.2 Å². The average Bonchev–Trinajstić information content (AvgIpc) is 4.00. The van der Waals surface area contributed by atoms with Gasteiger partial charge in [0.05, 0.1) is 59.6 Å². The molecule has 0 radical (unpaired) electrons. The number of amides is 2. The van der Waals surface area contributed by atoms with Crippen LogP contribution in [-0.4, -0.2) is 59.6 Å². The molecular formula is C48H53N3O9S4. The average molecular weight is 944 g/mol. The van der Waals surface area contributed by atoms with Crippen molar-refractivity contribution in [2.45, 2.75) is 119 Å². The molecule has 6 rings (SSSR count). The van der Waals surface area contributed by atoms with Crippen LogP contribution in [0.4, 0.5) is 0 Å². The molecule has 1 saturated heterocycles. The maximum atomic E-state index is 14.7. The van der Waals surface area contributed by atoms with Crippen LogP contribution >= 0.6 is 47.0 Å². The van der Waals surface area contributed by atoms with Gasteiger partial charge in [-0.3, -0.25) is 19.2 Å². The van der Waals surface area contributed by atoms with Crippen molar-refractivity contribution in [1.82, 2.24) is 10.0 Å². The number of benzene rings is 3. The van der Waals surface area contributed by atoms with E-state index in [9.17, 15) is 29.2 Å². The second-order valence-electron chi connectivity index (χ2n) is 15.2. The fraction of sp³-hybridized carbons (Fsp3) is 0.417. The summed E-state index contributed by atoms with van der Waals surface area (Å²) in [6, 6.07) is 20.9. The molecule has 338 valence electrons. The van der Waals surface area contributed by atoms with Gasteiger partial charge in [-0.1, -0.05) is 161 Å². The molecule has 12 nitrogen and oxygen atoms in total. The van der Waals surface area contributed by atoms with E-state index in [2.05, 4.69) is 13.8 Å². The third kappa shape index (κ3) is 11.2. The van der Waals surface area contributed by atoms with Crippen LogP contribution in [0.15, 0.2) is 99.9 Å². The Morgan fingerprint density at radius 2 is 1.11 bits per heavy atom. The normalized spacial score (nSPS) is 15.2. The van der Waals surface area contributed by atoms with E-state index in [0.717, 1.165) is 83.9 Å². The zero-order valence-electron chi connectivity index (χ0n) is 36.8. The minimum Gasteiger partial charge on any atom is -0.459 e. The van der Waals surface area contributed by atoms with E-state index >= 15 is 0 Å². The summed E-state index contributed by atoms with van der Waals surface area (Å²) in [6.45, 7) is 10.6. The molecule has 16 heteroatoms. The van der Waals surface area contributed by atoms with Gasteiger partial charge in [0.15, 0.2) is 17.1 Å². The van der Waals surface area contributed by atoms with E-state index < -0.39 is 41.6 Å². The number of ether oxygens (including phenoxy) is 4. The number of carbonyl (C=O) groups excluding carboxylic acids is 5. The van der Waals surface area contributed by atoms with Gasteiger partial charge in [-0.2, -0.15) is 5.26 Å². The van der Waals surface area contributed by atoms with Crippen molar-refractivity contribution in [3.63, 3.8) is 0 Å². The Morgan fingerprint density at radius 1 is 0.656 bits per heavy atom. The highest BCUT2D eigenvalue weighted by atomic mass is 32.2. The molecule has 3 aromatic rings. The summed E-state index contributed by atoms with van der Waals surface area (Å²) >= 11 is 4.31. The van der Waals surface area contributed by atoms with Crippen molar-refractivity contribution in [3.8, 4) is 17.6 Å². The van der Waals surface area contributed by atoms with Crippen LogP contribution in [0.1, 0.15) is 97.1 Å². The number of thioether (sulfide) groups is 4. The van der Waals surface area contributed by atoms with Gasteiger partial charge in [-0.05, 0) is 43.7 Å². The minimum atomic E-state index is -0.847. The zero-order chi connectivity index (χ0) is 45.8. The largest absolute Gasteiger partial charge is 0.459 e. The van der Waals surface area contributed by atoms with E-state index in [-0.39, 0.29) is 53.2 Å². The molecule has 2 atom stereocenters. The topological polar surface area (TPSA) is 153 Å². The van der Waals surface area contributed by atoms with E-state index in [1.54, 1.807) is 0 Å². The Balaban J connectivity index is 1.51. The highest BCUT2D eigenvalue weighted by Gasteiger charge is 2.47. The van der Waals surface area contributed by atoms with Gasteiger partial charge in [-0.15, -0.1) is 0 Å². The molecule has 0 saturated carbocycles. The van der Waals surface area contributed by atoms with Crippen molar-refractivity contribution in [3.05, 3.63) is 91.4 Å². The molecule has 0 spiro atoms. The van der Waals surface area contributed by atoms with Gasteiger partial charge in [0.2, 0.25) is 0 Å². The number of hydrogen-bond donors (Lipinski definition) is 0. The molecule has 64 heavy (non-hydrogen) atoms. The van der Waals surface area contributed by atoms with Crippen LogP contribution < -0.4 is 9.47 Å². The van der Waals surface area contributed by atoms with Crippen LogP contribution in [0.2, 0.25) is 0 Å². The fourth-order valence-electron chi connectivity index (χ4n) is 7.19. The first-order valence-electron chi connectivity index (χ1n) is 21.8. The third-order valence-corrected chi connectivity index (χ3v) is 16.0. The number of carbonyl (C=O) groups is 5. The van der Waals surface area contributed by atoms with Gasteiger partial charge in [0.1, 0.15) is 18.2 Å². The molecule has 3 aliphatic heterocycles. The number of esters is 3. The number of fused-ring (bicyclic) bond motifs is 2. The first kappa shape index (κ1) is 48.8. The maximum absolute atomic E-state index is 14.7. The summed E-state index contributed by atoms with van der Waals surface area (Å²) in [5.41, 5.74) is 1.35. The van der Waals surface area contributed by atoms with Crippen LogP contribution in [0.25, 0.3) is 0 Å².